The zero-order valence-electron chi connectivity index (χ0n) is 22.8. The highest BCUT2D eigenvalue weighted by atomic mass is 28.5. The summed E-state index contributed by atoms with van der Waals surface area (Å²) in [6.45, 7) is 18.0. The Morgan fingerprint density at radius 1 is 0.886 bits per heavy atom. The number of nitrogens with zero attached hydrogens (tertiary/aromatic N) is 1. The van der Waals surface area contributed by atoms with E-state index in [1.165, 1.54) is 0 Å². The molecule has 0 aromatic heterocycles. The molecule has 6 nitrogen and oxygen atoms in total. The number of ether oxygens (including phenoxy) is 1. The summed E-state index contributed by atoms with van der Waals surface area (Å²) in [6.07, 6.45) is 1.02. The Balaban J connectivity index is 1.97. The first-order valence-corrected chi connectivity index (χ1v) is 21.7. The van der Waals surface area contributed by atoms with Crippen molar-refractivity contribution in [3.8, 4) is 11.5 Å². The van der Waals surface area contributed by atoms with Gasteiger partial charge in [0.2, 0.25) is 0 Å². The third-order valence-corrected chi connectivity index (χ3v) is 14.7. The van der Waals surface area contributed by atoms with Gasteiger partial charge >= 0.3 is 8.56 Å². The van der Waals surface area contributed by atoms with Crippen LogP contribution in [0.2, 0.25) is 51.9 Å². The van der Waals surface area contributed by atoms with Crippen molar-refractivity contribution in [1.29, 1.82) is 0 Å². The van der Waals surface area contributed by atoms with Crippen molar-refractivity contribution in [3.63, 3.8) is 0 Å². The Morgan fingerprint density at radius 2 is 1.51 bits per heavy atom. The van der Waals surface area contributed by atoms with Crippen LogP contribution >= 0.6 is 0 Å². The molecule has 0 atom stereocenters. The summed E-state index contributed by atoms with van der Waals surface area (Å²) in [5.74, 6) is 0.779. The second-order valence-electron chi connectivity index (χ2n) is 10.9. The van der Waals surface area contributed by atoms with Gasteiger partial charge in [0.05, 0.1) is 19.4 Å². The first-order valence-electron chi connectivity index (χ1n) is 12.4. The van der Waals surface area contributed by atoms with E-state index >= 15 is 0 Å². The van der Waals surface area contributed by atoms with Crippen molar-refractivity contribution >= 4 is 30.9 Å². The molecular formula is C26H44N2O4Si3. The molecule has 35 heavy (non-hydrogen) atoms. The summed E-state index contributed by atoms with van der Waals surface area (Å²) in [5.41, 5.74) is 2.45. The minimum Gasteiger partial charge on any atom is -0.507 e. The van der Waals surface area contributed by atoms with Crippen molar-refractivity contribution in [2.24, 2.45) is 4.99 Å². The third kappa shape index (κ3) is 10.8. The van der Waals surface area contributed by atoms with Crippen LogP contribution in [0.4, 0.5) is 0 Å². The van der Waals surface area contributed by atoms with Gasteiger partial charge in [-0.1, -0.05) is 30.3 Å². The van der Waals surface area contributed by atoms with Crippen molar-refractivity contribution in [2.75, 3.05) is 26.7 Å². The molecule has 9 heteroatoms. The molecule has 0 aliphatic rings. The number of aliphatic imine (C=N–C) groups is 1. The maximum Gasteiger partial charge on any atom is 0.314 e. The molecule has 0 bridgehead atoms. The van der Waals surface area contributed by atoms with Gasteiger partial charge in [-0.15, -0.1) is 0 Å². The van der Waals surface area contributed by atoms with Crippen LogP contribution in [0.25, 0.3) is 0 Å². The first kappa shape index (κ1) is 29.5. The average molecular weight is 533 g/mol. The van der Waals surface area contributed by atoms with E-state index in [1.807, 2.05) is 42.5 Å². The van der Waals surface area contributed by atoms with Gasteiger partial charge in [-0.05, 0) is 77.0 Å². The second-order valence-corrected chi connectivity index (χ2v) is 23.7. The van der Waals surface area contributed by atoms with E-state index in [9.17, 15) is 5.11 Å². The quantitative estimate of drug-likeness (QED) is 0.178. The number of aromatic hydroxyl groups is 1. The Hall–Kier alpha value is -1.76. The molecule has 0 heterocycles. The number of nitrogens with one attached hydrogen (secondary N) is 1. The van der Waals surface area contributed by atoms with Crippen molar-refractivity contribution in [3.05, 3.63) is 59.7 Å². The van der Waals surface area contributed by atoms with Crippen LogP contribution in [0.1, 0.15) is 17.5 Å². The number of phenolic OH excluding ortho intramolecular Hbond substituents is 1. The minimum atomic E-state index is -2.19. The topological polar surface area (TPSA) is 72.3 Å². The van der Waals surface area contributed by atoms with E-state index in [0.29, 0.717) is 17.9 Å². The number of phenols is 1. The molecule has 194 valence electrons. The van der Waals surface area contributed by atoms with Gasteiger partial charge in [0.15, 0.2) is 16.6 Å². The molecule has 0 saturated carbocycles. The van der Waals surface area contributed by atoms with Gasteiger partial charge in [0.1, 0.15) is 11.5 Å². The maximum absolute atomic E-state index is 10.6. The number of hydrogen-bond donors (Lipinski definition) is 2. The first-order chi connectivity index (χ1) is 16.3. The summed E-state index contributed by atoms with van der Waals surface area (Å²) >= 11 is 0. The molecule has 2 aromatic carbocycles. The molecule has 0 aliphatic carbocycles. The van der Waals surface area contributed by atoms with Gasteiger partial charge in [0, 0.05) is 23.7 Å². The highest BCUT2D eigenvalue weighted by Gasteiger charge is 2.39. The Morgan fingerprint density at radius 3 is 2.06 bits per heavy atom. The van der Waals surface area contributed by atoms with Crippen LogP contribution < -0.4 is 10.1 Å². The van der Waals surface area contributed by atoms with Crippen molar-refractivity contribution < 1.29 is 18.1 Å². The number of hydrogen-bond acceptors (Lipinski definition) is 6. The van der Waals surface area contributed by atoms with Gasteiger partial charge in [0.25, 0.3) is 0 Å². The zero-order valence-corrected chi connectivity index (χ0v) is 25.8. The summed E-state index contributed by atoms with van der Waals surface area (Å²) in [5, 5.41) is 14.1. The summed E-state index contributed by atoms with van der Waals surface area (Å²) in [7, 11) is -3.94. The highest BCUT2D eigenvalue weighted by molar-refractivity contribution is 6.87. The van der Waals surface area contributed by atoms with Gasteiger partial charge < -0.3 is 23.4 Å². The molecule has 2 N–H and O–H groups in total. The Labute approximate surface area is 215 Å². The van der Waals surface area contributed by atoms with Crippen LogP contribution in [0.3, 0.4) is 0 Å². The fourth-order valence-electron chi connectivity index (χ4n) is 4.09. The lowest BCUT2D eigenvalue weighted by molar-refractivity contribution is 0.381. The fourth-order valence-corrected chi connectivity index (χ4v) is 16.6. The molecule has 0 unspecified atom stereocenters. The van der Waals surface area contributed by atoms with Crippen LogP contribution in [0.15, 0.2) is 53.5 Å². The van der Waals surface area contributed by atoms with Crippen LogP contribution in [-0.4, -0.2) is 62.8 Å². The predicted octanol–water partition coefficient (Wildman–Crippen LogP) is 5.99. The maximum atomic E-state index is 10.6. The highest BCUT2D eigenvalue weighted by Crippen LogP contribution is 2.27. The van der Waals surface area contributed by atoms with E-state index in [4.69, 9.17) is 18.0 Å². The van der Waals surface area contributed by atoms with E-state index in [0.717, 1.165) is 36.8 Å². The van der Waals surface area contributed by atoms with Gasteiger partial charge in [-0.2, -0.15) is 0 Å². The number of benzene rings is 2. The summed E-state index contributed by atoms with van der Waals surface area (Å²) in [6, 6.07) is 16.3. The molecule has 0 fully saturated rings. The zero-order chi connectivity index (χ0) is 26.1. The molecular weight excluding hydrogens is 489 g/mol. The van der Waals surface area contributed by atoms with Crippen LogP contribution in [-0.2, 0) is 8.23 Å². The minimum absolute atomic E-state index is 0.161. The smallest absolute Gasteiger partial charge is 0.314 e. The number of methoxy groups -OCH3 is 1. The van der Waals surface area contributed by atoms with Crippen molar-refractivity contribution in [1.82, 2.24) is 5.32 Å². The molecule has 0 radical (unpaired) electrons. The average Bonchev–Trinajstić information content (AvgIpc) is 2.74. The summed E-state index contributed by atoms with van der Waals surface area (Å²) < 4.78 is 18.4. The standard InChI is InChI=1S/C26H44N2O4Si3/c1-30-23-15-16-24(25(29)21-23)26(22-13-10-9-11-14-22)28-19-18-27-17-12-20-35(8,31-33(2,3)4)32-34(5,6)7/h9-11,13-16,21,27,29H,12,17-20H2,1-8H3. The lowest BCUT2D eigenvalue weighted by Crippen LogP contribution is -2.52. The van der Waals surface area contributed by atoms with Crippen LogP contribution in [0, 0.1) is 0 Å². The normalized spacial score (nSPS) is 13.2. The predicted molar refractivity (Wildman–Crippen MR) is 154 cm³/mol. The number of rotatable bonds is 14. The Kier molecular flexibility index (Phi) is 10.9. The molecule has 2 aromatic rings. The SMILES string of the molecule is COc1ccc(C(=NCCNCCC[Si](C)(O[Si](C)(C)C)O[Si](C)(C)C)c2ccccc2)c(O)c1. The Bertz CT molecular complexity index is 941. The lowest BCUT2D eigenvalue weighted by atomic mass is 10.0. The van der Waals surface area contributed by atoms with E-state index in [1.54, 1.807) is 13.2 Å². The fraction of sp³-hybridized carbons (Fsp3) is 0.500. The molecule has 0 aliphatic heterocycles. The molecule has 0 saturated heterocycles. The summed E-state index contributed by atoms with van der Waals surface area (Å²) in [4.78, 5) is 4.85. The second kappa shape index (κ2) is 13.0. The van der Waals surface area contributed by atoms with E-state index in [2.05, 4.69) is 51.1 Å². The third-order valence-electron chi connectivity index (χ3n) is 5.09. The molecule has 0 amide bonds. The molecule has 0 spiro atoms. The molecule has 2 rings (SSSR count). The van der Waals surface area contributed by atoms with Crippen molar-refractivity contribution in [2.45, 2.75) is 58.3 Å². The monoisotopic (exact) mass is 532 g/mol. The largest absolute Gasteiger partial charge is 0.507 e. The van der Waals surface area contributed by atoms with E-state index in [-0.39, 0.29) is 5.75 Å². The van der Waals surface area contributed by atoms with E-state index < -0.39 is 25.2 Å². The van der Waals surface area contributed by atoms with Gasteiger partial charge in [-0.3, -0.25) is 4.99 Å². The van der Waals surface area contributed by atoms with Gasteiger partial charge in [-0.25, -0.2) is 0 Å². The van der Waals surface area contributed by atoms with Crippen LogP contribution in [0.5, 0.6) is 11.5 Å². The lowest BCUT2D eigenvalue weighted by Gasteiger charge is -2.38.